The van der Waals surface area contributed by atoms with Crippen LogP contribution in [0.5, 0.6) is 0 Å². The first-order valence-corrected chi connectivity index (χ1v) is 3.75. The second-order valence-corrected chi connectivity index (χ2v) is 2.53. The summed E-state index contributed by atoms with van der Waals surface area (Å²) < 4.78 is 0. The molecule has 0 bridgehead atoms. The van der Waals surface area contributed by atoms with Gasteiger partial charge in [0, 0.05) is 18.9 Å². The van der Waals surface area contributed by atoms with Gasteiger partial charge >= 0.3 is 5.97 Å². The summed E-state index contributed by atoms with van der Waals surface area (Å²) in [5.41, 5.74) is 0.565. The zero-order valence-electron chi connectivity index (χ0n) is 7.13. The number of rotatable bonds is 3. The molecule has 1 heterocycles. The van der Waals surface area contributed by atoms with Gasteiger partial charge in [-0.3, -0.25) is 4.79 Å². The minimum absolute atomic E-state index is 0.0606. The molecule has 0 aliphatic heterocycles. The molecule has 0 spiro atoms. The highest BCUT2D eigenvalue weighted by molar-refractivity contribution is 5.91. The van der Waals surface area contributed by atoms with Crippen molar-refractivity contribution in [2.24, 2.45) is 0 Å². The fraction of sp³-hybridized carbons (Fsp3) is 0.250. The molecule has 0 aliphatic rings. The van der Waals surface area contributed by atoms with E-state index >= 15 is 0 Å². The lowest BCUT2D eigenvalue weighted by molar-refractivity contribution is -0.120. The lowest BCUT2D eigenvalue weighted by atomic mass is 10.2. The summed E-state index contributed by atoms with van der Waals surface area (Å²) in [7, 11) is 1.51. The van der Waals surface area contributed by atoms with Crippen LogP contribution in [0.3, 0.4) is 0 Å². The molecule has 3 N–H and O–H groups in total. The Kier molecular flexibility index (Phi) is 2.69. The molecule has 1 rings (SSSR count). The molecule has 70 valence electrons. The number of aromatic amines is 1. The highest BCUT2D eigenvalue weighted by atomic mass is 16.4. The van der Waals surface area contributed by atoms with Gasteiger partial charge in [0.25, 0.3) is 0 Å². The van der Waals surface area contributed by atoms with Gasteiger partial charge < -0.3 is 15.4 Å². The fourth-order valence-corrected chi connectivity index (χ4v) is 1.000. The number of carboxylic acids is 1. The van der Waals surface area contributed by atoms with Crippen molar-refractivity contribution in [3.63, 3.8) is 0 Å². The molecule has 0 fully saturated rings. The molecule has 1 aromatic heterocycles. The Balaban J connectivity index is 2.82. The molecular weight excluding hydrogens is 172 g/mol. The number of carboxylic acid groups (broad SMARTS) is 1. The van der Waals surface area contributed by atoms with E-state index in [1.165, 1.54) is 19.3 Å². The van der Waals surface area contributed by atoms with Gasteiger partial charge in [-0.15, -0.1) is 0 Å². The number of aromatic nitrogens is 1. The van der Waals surface area contributed by atoms with Gasteiger partial charge in [0.15, 0.2) is 0 Å². The topological polar surface area (TPSA) is 82.2 Å². The highest BCUT2D eigenvalue weighted by Crippen LogP contribution is 2.06. The minimum atomic E-state index is -1.03. The van der Waals surface area contributed by atoms with Gasteiger partial charge in [0.1, 0.15) is 0 Å². The molecule has 1 aromatic rings. The van der Waals surface area contributed by atoms with Crippen LogP contribution < -0.4 is 5.32 Å². The Morgan fingerprint density at radius 1 is 1.62 bits per heavy atom. The van der Waals surface area contributed by atoms with Crippen LogP contribution in [0.25, 0.3) is 0 Å². The van der Waals surface area contributed by atoms with Crippen LogP contribution in [0.1, 0.15) is 16.1 Å². The number of aromatic carboxylic acids is 1. The van der Waals surface area contributed by atoms with Gasteiger partial charge in [-0.05, 0) is 6.07 Å². The van der Waals surface area contributed by atoms with Crippen molar-refractivity contribution < 1.29 is 14.7 Å². The molecule has 0 saturated carbocycles. The Labute approximate surface area is 74.8 Å². The van der Waals surface area contributed by atoms with E-state index in [0.717, 1.165) is 0 Å². The monoisotopic (exact) mass is 182 g/mol. The van der Waals surface area contributed by atoms with Crippen molar-refractivity contribution in [2.45, 2.75) is 6.42 Å². The molecule has 0 saturated heterocycles. The normalized spacial score (nSPS) is 9.62. The maximum Gasteiger partial charge on any atom is 0.337 e. The second kappa shape index (κ2) is 3.75. The summed E-state index contributed by atoms with van der Waals surface area (Å²) in [4.78, 5) is 24.2. The molecule has 0 atom stereocenters. The zero-order valence-corrected chi connectivity index (χ0v) is 7.13. The largest absolute Gasteiger partial charge is 0.478 e. The maximum atomic E-state index is 10.9. The fourth-order valence-electron chi connectivity index (χ4n) is 1.000. The quantitative estimate of drug-likeness (QED) is 0.615. The van der Waals surface area contributed by atoms with Crippen LogP contribution in [-0.2, 0) is 11.2 Å². The van der Waals surface area contributed by atoms with Crippen molar-refractivity contribution in [3.05, 3.63) is 23.5 Å². The number of amides is 1. The highest BCUT2D eigenvalue weighted by Gasteiger charge is 2.12. The van der Waals surface area contributed by atoms with Crippen molar-refractivity contribution in [2.75, 3.05) is 7.05 Å². The first kappa shape index (κ1) is 9.31. The number of likely N-dealkylation sites (N-methyl/N-ethyl adjacent to an activating group) is 1. The van der Waals surface area contributed by atoms with Crippen molar-refractivity contribution in [1.82, 2.24) is 10.3 Å². The average molecular weight is 182 g/mol. The van der Waals surface area contributed by atoms with Gasteiger partial charge in [0.2, 0.25) is 5.91 Å². The van der Waals surface area contributed by atoms with E-state index in [0.29, 0.717) is 5.69 Å². The molecule has 1 amide bonds. The third-order valence-electron chi connectivity index (χ3n) is 1.68. The standard InChI is InChI=1S/C8H10N2O3/c1-9-7(11)4-6-5(8(12)13)2-3-10-6/h2-3,10H,4H2,1H3,(H,9,11)(H,12,13). The number of nitrogens with one attached hydrogen (secondary N) is 2. The van der Waals surface area contributed by atoms with E-state index in [4.69, 9.17) is 5.11 Å². The molecular formula is C8H10N2O3. The van der Waals surface area contributed by atoms with Crippen LogP contribution in [-0.4, -0.2) is 29.0 Å². The first-order chi connectivity index (χ1) is 6.15. The number of H-pyrrole nitrogens is 1. The predicted molar refractivity (Wildman–Crippen MR) is 45.5 cm³/mol. The second-order valence-electron chi connectivity index (χ2n) is 2.53. The van der Waals surface area contributed by atoms with Crippen LogP contribution >= 0.6 is 0 Å². The van der Waals surface area contributed by atoms with E-state index in [9.17, 15) is 9.59 Å². The zero-order chi connectivity index (χ0) is 9.84. The first-order valence-electron chi connectivity index (χ1n) is 3.75. The van der Waals surface area contributed by atoms with E-state index in [-0.39, 0.29) is 17.9 Å². The van der Waals surface area contributed by atoms with Crippen LogP contribution in [0.2, 0.25) is 0 Å². The molecule has 5 heteroatoms. The number of hydrogen-bond donors (Lipinski definition) is 3. The summed E-state index contributed by atoms with van der Waals surface area (Å²) in [6.45, 7) is 0. The van der Waals surface area contributed by atoms with Gasteiger partial charge in [-0.25, -0.2) is 4.79 Å². The average Bonchev–Trinajstić information content (AvgIpc) is 2.52. The number of hydrogen-bond acceptors (Lipinski definition) is 2. The van der Waals surface area contributed by atoms with Crippen molar-refractivity contribution >= 4 is 11.9 Å². The summed E-state index contributed by atoms with van der Waals surface area (Å²) in [6.07, 6.45) is 1.56. The summed E-state index contributed by atoms with van der Waals surface area (Å²) in [5.74, 6) is -1.25. The van der Waals surface area contributed by atoms with Crippen molar-refractivity contribution in [3.8, 4) is 0 Å². The lowest BCUT2D eigenvalue weighted by Gasteiger charge is -1.98. The summed E-state index contributed by atoms with van der Waals surface area (Å²) in [6, 6.07) is 1.43. The third kappa shape index (κ3) is 2.08. The van der Waals surface area contributed by atoms with Crippen LogP contribution in [0, 0.1) is 0 Å². The summed E-state index contributed by atoms with van der Waals surface area (Å²) >= 11 is 0. The Bertz CT molecular complexity index is 330. The Morgan fingerprint density at radius 3 is 2.85 bits per heavy atom. The molecule has 0 aromatic carbocycles. The van der Waals surface area contributed by atoms with E-state index in [1.54, 1.807) is 0 Å². The van der Waals surface area contributed by atoms with Crippen LogP contribution in [0.15, 0.2) is 12.3 Å². The number of carbonyl (C=O) groups is 2. The van der Waals surface area contributed by atoms with E-state index < -0.39 is 5.97 Å². The lowest BCUT2D eigenvalue weighted by Crippen LogP contribution is -2.21. The number of carbonyl (C=O) groups excluding carboxylic acids is 1. The molecule has 0 aliphatic carbocycles. The van der Waals surface area contributed by atoms with Gasteiger partial charge in [-0.2, -0.15) is 0 Å². The third-order valence-corrected chi connectivity index (χ3v) is 1.68. The molecule has 0 unspecified atom stereocenters. The maximum absolute atomic E-state index is 10.9. The van der Waals surface area contributed by atoms with Crippen molar-refractivity contribution in [1.29, 1.82) is 0 Å². The predicted octanol–water partition coefficient (Wildman–Crippen LogP) is 0.00140. The molecule has 0 radical (unpaired) electrons. The smallest absolute Gasteiger partial charge is 0.337 e. The minimum Gasteiger partial charge on any atom is -0.478 e. The Hall–Kier alpha value is -1.78. The van der Waals surface area contributed by atoms with Gasteiger partial charge in [0.05, 0.1) is 12.0 Å². The van der Waals surface area contributed by atoms with E-state index in [1.807, 2.05) is 0 Å². The molecule has 5 nitrogen and oxygen atoms in total. The molecule has 13 heavy (non-hydrogen) atoms. The van der Waals surface area contributed by atoms with E-state index in [2.05, 4.69) is 10.3 Å². The Morgan fingerprint density at radius 2 is 2.31 bits per heavy atom. The SMILES string of the molecule is CNC(=O)Cc1[nH]ccc1C(=O)O. The van der Waals surface area contributed by atoms with Crippen LogP contribution in [0.4, 0.5) is 0 Å². The summed E-state index contributed by atoms with van der Waals surface area (Å²) in [5, 5.41) is 11.1. The van der Waals surface area contributed by atoms with Gasteiger partial charge in [-0.1, -0.05) is 0 Å².